The minimum absolute atomic E-state index is 0.394. The highest BCUT2D eigenvalue weighted by atomic mass is 35.5. The van der Waals surface area contributed by atoms with E-state index in [1.807, 2.05) is 6.92 Å². The standard InChI is InChI=1S/C14H18ClNO/c1-10-8-12(3)14(9-11(10)2)13(4)16-17-7-5-6-15/h5-6,8-9H,7H2,1-4H3/b6-5+,16-13+. The molecule has 0 atom stereocenters. The van der Waals surface area contributed by atoms with Crippen LogP contribution in [0.2, 0.25) is 0 Å². The van der Waals surface area contributed by atoms with Gasteiger partial charge in [-0.15, -0.1) is 0 Å². The average Bonchev–Trinajstić information content (AvgIpc) is 2.29. The van der Waals surface area contributed by atoms with Crippen molar-refractivity contribution in [2.45, 2.75) is 27.7 Å². The van der Waals surface area contributed by atoms with Gasteiger partial charge in [0.2, 0.25) is 0 Å². The lowest BCUT2D eigenvalue weighted by Crippen LogP contribution is -2.01. The largest absolute Gasteiger partial charge is 0.391 e. The van der Waals surface area contributed by atoms with Crippen molar-refractivity contribution in [3.8, 4) is 0 Å². The van der Waals surface area contributed by atoms with Gasteiger partial charge in [0.05, 0.1) is 5.71 Å². The van der Waals surface area contributed by atoms with E-state index in [1.54, 1.807) is 6.08 Å². The van der Waals surface area contributed by atoms with Crippen molar-refractivity contribution in [3.05, 3.63) is 46.0 Å². The van der Waals surface area contributed by atoms with Crippen LogP contribution in [0.3, 0.4) is 0 Å². The lowest BCUT2D eigenvalue weighted by atomic mass is 9.98. The van der Waals surface area contributed by atoms with Gasteiger partial charge in [0.15, 0.2) is 0 Å². The summed E-state index contributed by atoms with van der Waals surface area (Å²) in [6.45, 7) is 8.63. The number of aryl methyl sites for hydroxylation is 3. The molecule has 0 saturated carbocycles. The number of halogens is 1. The first-order valence-corrected chi connectivity index (χ1v) is 6.00. The zero-order valence-electron chi connectivity index (χ0n) is 10.7. The Morgan fingerprint density at radius 1 is 1.24 bits per heavy atom. The molecule has 1 aromatic rings. The van der Waals surface area contributed by atoms with Crippen LogP contribution in [0.15, 0.2) is 28.9 Å². The van der Waals surface area contributed by atoms with E-state index in [2.05, 4.69) is 38.1 Å². The van der Waals surface area contributed by atoms with Gasteiger partial charge in [-0.2, -0.15) is 0 Å². The molecule has 0 saturated heterocycles. The fourth-order valence-electron chi connectivity index (χ4n) is 1.61. The molecule has 1 aromatic carbocycles. The van der Waals surface area contributed by atoms with Gasteiger partial charge in [-0.05, 0) is 56.5 Å². The van der Waals surface area contributed by atoms with E-state index in [0.717, 1.165) is 11.3 Å². The summed E-state index contributed by atoms with van der Waals surface area (Å²) >= 11 is 5.39. The highest BCUT2D eigenvalue weighted by Crippen LogP contribution is 2.16. The first-order valence-electron chi connectivity index (χ1n) is 5.56. The number of rotatable bonds is 4. The van der Waals surface area contributed by atoms with Crippen LogP contribution in [-0.4, -0.2) is 12.3 Å². The summed E-state index contributed by atoms with van der Waals surface area (Å²) in [7, 11) is 0. The first kappa shape index (κ1) is 13.8. The van der Waals surface area contributed by atoms with Crippen molar-refractivity contribution in [1.29, 1.82) is 0 Å². The van der Waals surface area contributed by atoms with E-state index in [-0.39, 0.29) is 0 Å². The summed E-state index contributed by atoms with van der Waals surface area (Å²) in [6.07, 6.45) is 1.70. The third-order valence-electron chi connectivity index (χ3n) is 2.69. The van der Waals surface area contributed by atoms with Gasteiger partial charge in [-0.25, -0.2) is 0 Å². The smallest absolute Gasteiger partial charge is 0.136 e. The monoisotopic (exact) mass is 251 g/mol. The highest BCUT2D eigenvalue weighted by Gasteiger charge is 2.05. The molecule has 0 radical (unpaired) electrons. The average molecular weight is 252 g/mol. The number of benzene rings is 1. The number of nitrogens with zero attached hydrogens (tertiary/aromatic N) is 1. The Balaban J connectivity index is 2.88. The topological polar surface area (TPSA) is 21.6 Å². The summed E-state index contributed by atoms with van der Waals surface area (Å²) in [5.74, 6) is 0. The molecule has 1 rings (SSSR count). The summed E-state index contributed by atoms with van der Waals surface area (Å²) in [6, 6.07) is 4.31. The first-order chi connectivity index (χ1) is 8.06. The van der Waals surface area contributed by atoms with Crippen LogP contribution in [0.25, 0.3) is 0 Å². The number of hydrogen-bond donors (Lipinski definition) is 0. The SMILES string of the molecule is C/C(=N\OC/C=C/Cl)c1cc(C)c(C)cc1C. The zero-order chi connectivity index (χ0) is 12.8. The van der Waals surface area contributed by atoms with Crippen LogP contribution in [-0.2, 0) is 4.84 Å². The van der Waals surface area contributed by atoms with Crippen molar-refractivity contribution in [2.75, 3.05) is 6.61 Å². The summed E-state index contributed by atoms with van der Waals surface area (Å²) < 4.78 is 0. The predicted molar refractivity (Wildman–Crippen MR) is 73.8 cm³/mol. The van der Waals surface area contributed by atoms with Crippen LogP contribution in [0.5, 0.6) is 0 Å². The molecule has 0 aliphatic carbocycles. The minimum atomic E-state index is 0.394. The van der Waals surface area contributed by atoms with Gasteiger partial charge in [0.1, 0.15) is 6.61 Å². The van der Waals surface area contributed by atoms with Crippen molar-refractivity contribution in [3.63, 3.8) is 0 Å². The second kappa shape index (κ2) is 6.45. The maximum Gasteiger partial charge on any atom is 0.136 e. The Morgan fingerprint density at radius 3 is 2.53 bits per heavy atom. The second-order valence-electron chi connectivity index (χ2n) is 4.09. The van der Waals surface area contributed by atoms with E-state index in [0.29, 0.717) is 6.61 Å². The predicted octanol–water partition coefficient (Wildman–Crippen LogP) is 4.10. The maximum absolute atomic E-state index is 5.39. The molecule has 0 spiro atoms. The van der Waals surface area contributed by atoms with E-state index in [9.17, 15) is 0 Å². The molecule has 92 valence electrons. The van der Waals surface area contributed by atoms with Crippen molar-refractivity contribution in [2.24, 2.45) is 5.16 Å². The Hall–Kier alpha value is -1.28. The third-order valence-corrected chi connectivity index (χ3v) is 2.87. The molecular formula is C14H18ClNO. The lowest BCUT2D eigenvalue weighted by Gasteiger charge is -2.09. The fraction of sp³-hybridized carbons (Fsp3) is 0.357. The van der Waals surface area contributed by atoms with Gasteiger partial charge in [0.25, 0.3) is 0 Å². The number of oxime groups is 1. The van der Waals surface area contributed by atoms with Gasteiger partial charge in [-0.1, -0.05) is 22.8 Å². The molecule has 2 nitrogen and oxygen atoms in total. The Kier molecular flexibility index (Phi) is 5.23. The minimum Gasteiger partial charge on any atom is -0.391 e. The fourth-order valence-corrected chi connectivity index (χ4v) is 1.69. The molecule has 0 N–H and O–H groups in total. The molecule has 0 fully saturated rings. The van der Waals surface area contributed by atoms with Gasteiger partial charge >= 0.3 is 0 Å². The summed E-state index contributed by atoms with van der Waals surface area (Å²) in [5, 5.41) is 4.07. The van der Waals surface area contributed by atoms with Crippen molar-refractivity contribution >= 4 is 17.3 Å². The molecule has 0 heterocycles. The van der Waals surface area contributed by atoms with Crippen LogP contribution in [0.4, 0.5) is 0 Å². The second-order valence-corrected chi connectivity index (χ2v) is 4.34. The van der Waals surface area contributed by atoms with E-state index < -0.39 is 0 Å². The molecule has 17 heavy (non-hydrogen) atoms. The molecular weight excluding hydrogens is 234 g/mol. The molecule has 0 unspecified atom stereocenters. The molecule has 0 aromatic heterocycles. The van der Waals surface area contributed by atoms with Crippen molar-refractivity contribution < 1.29 is 4.84 Å². The molecule has 0 aliphatic rings. The Bertz CT molecular complexity index is 450. The van der Waals surface area contributed by atoms with Crippen molar-refractivity contribution in [1.82, 2.24) is 0 Å². The quantitative estimate of drug-likeness (QED) is 0.448. The van der Waals surface area contributed by atoms with Gasteiger partial charge in [-0.3, -0.25) is 0 Å². The maximum atomic E-state index is 5.39. The Morgan fingerprint density at radius 2 is 1.88 bits per heavy atom. The van der Waals surface area contributed by atoms with Gasteiger partial charge < -0.3 is 4.84 Å². The summed E-state index contributed by atoms with van der Waals surface area (Å²) in [4.78, 5) is 5.13. The normalized spacial score (nSPS) is 12.2. The number of hydrogen-bond acceptors (Lipinski definition) is 2. The third kappa shape index (κ3) is 3.90. The van der Waals surface area contributed by atoms with Crippen LogP contribution in [0.1, 0.15) is 29.2 Å². The Labute approximate surface area is 108 Å². The lowest BCUT2D eigenvalue weighted by molar-refractivity contribution is 0.175. The zero-order valence-corrected chi connectivity index (χ0v) is 11.5. The van der Waals surface area contributed by atoms with Crippen LogP contribution in [0, 0.1) is 20.8 Å². The summed E-state index contributed by atoms with van der Waals surface area (Å²) in [5.41, 5.74) is 7.21. The van der Waals surface area contributed by atoms with E-state index >= 15 is 0 Å². The van der Waals surface area contributed by atoms with Crippen LogP contribution >= 0.6 is 11.6 Å². The molecule has 3 heteroatoms. The van der Waals surface area contributed by atoms with E-state index in [1.165, 1.54) is 22.2 Å². The molecule has 0 aliphatic heterocycles. The molecule has 0 bridgehead atoms. The highest BCUT2D eigenvalue weighted by molar-refractivity contribution is 6.25. The molecule has 0 amide bonds. The van der Waals surface area contributed by atoms with Gasteiger partial charge in [0, 0.05) is 11.1 Å². The van der Waals surface area contributed by atoms with E-state index in [4.69, 9.17) is 16.4 Å². The van der Waals surface area contributed by atoms with Crippen LogP contribution < -0.4 is 0 Å².